The van der Waals surface area contributed by atoms with Crippen molar-refractivity contribution in [3.63, 3.8) is 0 Å². The van der Waals surface area contributed by atoms with Gasteiger partial charge in [-0.2, -0.15) is 0 Å². The van der Waals surface area contributed by atoms with Crippen LogP contribution in [0.2, 0.25) is 0 Å². The smallest absolute Gasteiger partial charge is 0.165 e. The molecule has 5 nitrogen and oxygen atoms in total. The second-order valence-electron chi connectivity index (χ2n) is 4.67. The molecule has 3 unspecified atom stereocenters. The van der Waals surface area contributed by atoms with E-state index in [1.807, 2.05) is 13.8 Å². The fourth-order valence-electron chi connectivity index (χ4n) is 2.42. The highest BCUT2D eigenvalue weighted by atomic mass is 16.8. The van der Waals surface area contributed by atoms with Crippen molar-refractivity contribution in [2.75, 3.05) is 13.2 Å². The van der Waals surface area contributed by atoms with Gasteiger partial charge in [0.25, 0.3) is 0 Å². The van der Waals surface area contributed by atoms with Gasteiger partial charge in [-0.3, -0.25) is 0 Å². The summed E-state index contributed by atoms with van der Waals surface area (Å²) in [5.41, 5.74) is 5.39. The van der Waals surface area contributed by atoms with Crippen molar-refractivity contribution < 1.29 is 19.3 Å². The number of rotatable bonds is 3. The van der Waals surface area contributed by atoms with E-state index < -0.39 is 11.5 Å². The molecule has 3 atom stereocenters. The van der Waals surface area contributed by atoms with Crippen LogP contribution in [-0.2, 0) is 14.2 Å². The summed E-state index contributed by atoms with van der Waals surface area (Å²) < 4.78 is 16.9. The van der Waals surface area contributed by atoms with Gasteiger partial charge in [0.05, 0.1) is 19.3 Å². The molecular weight excluding hydrogens is 198 g/mol. The maximum absolute atomic E-state index is 8.71. The number of fused-ring (bicyclic) bond motifs is 1. The van der Waals surface area contributed by atoms with Crippen LogP contribution < -0.4 is 5.73 Å². The summed E-state index contributed by atoms with van der Waals surface area (Å²) in [6.07, 6.45) is 1.26. The summed E-state index contributed by atoms with van der Waals surface area (Å²) in [5.74, 6) is -0.638. The Bertz CT molecular complexity index is 246. The van der Waals surface area contributed by atoms with Crippen molar-refractivity contribution >= 4 is 0 Å². The van der Waals surface area contributed by atoms with Crippen LogP contribution in [0.1, 0.15) is 26.7 Å². The zero-order valence-electron chi connectivity index (χ0n) is 9.23. The van der Waals surface area contributed by atoms with Crippen LogP contribution in [0.5, 0.6) is 0 Å². The van der Waals surface area contributed by atoms with Gasteiger partial charge in [-0.25, -0.2) is 0 Å². The summed E-state index contributed by atoms with van der Waals surface area (Å²) in [4.78, 5) is 0. The second-order valence-corrected chi connectivity index (χ2v) is 4.67. The Labute approximate surface area is 89.5 Å². The van der Waals surface area contributed by atoms with Gasteiger partial charge in [-0.15, -0.1) is 0 Å². The summed E-state index contributed by atoms with van der Waals surface area (Å²) >= 11 is 0. The Morgan fingerprint density at radius 2 is 2.27 bits per heavy atom. The van der Waals surface area contributed by atoms with E-state index in [1.54, 1.807) is 0 Å². The van der Waals surface area contributed by atoms with Gasteiger partial charge in [0, 0.05) is 0 Å². The molecule has 15 heavy (non-hydrogen) atoms. The Morgan fingerprint density at radius 3 is 2.93 bits per heavy atom. The second kappa shape index (κ2) is 3.68. The molecule has 0 aromatic heterocycles. The minimum Gasteiger partial charge on any atom is -0.394 e. The zero-order chi connectivity index (χ0) is 11.1. The molecule has 0 amide bonds. The van der Waals surface area contributed by atoms with Crippen LogP contribution in [0.25, 0.3) is 0 Å². The first-order valence-electron chi connectivity index (χ1n) is 5.36. The molecule has 2 aliphatic rings. The van der Waals surface area contributed by atoms with Crippen LogP contribution in [-0.4, -0.2) is 42.0 Å². The van der Waals surface area contributed by atoms with E-state index in [9.17, 15) is 0 Å². The van der Waals surface area contributed by atoms with Crippen molar-refractivity contribution in [3.05, 3.63) is 0 Å². The van der Waals surface area contributed by atoms with Crippen molar-refractivity contribution in [1.29, 1.82) is 0 Å². The van der Waals surface area contributed by atoms with Crippen LogP contribution in [0, 0.1) is 0 Å². The Hall–Kier alpha value is -0.200. The molecule has 88 valence electrons. The first-order chi connectivity index (χ1) is 6.97. The van der Waals surface area contributed by atoms with Crippen LogP contribution in [0.4, 0.5) is 0 Å². The lowest BCUT2D eigenvalue weighted by Gasteiger charge is -2.23. The predicted molar refractivity (Wildman–Crippen MR) is 53.0 cm³/mol. The van der Waals surface area contributed by atoms with Gasteiger partial charge in [0.15, 0.2) is 5.79 Å². The van der Waals surface area contributed by atoms with E-state index >= 15 is 0 Å². The number of nitrogens with two attached hydrogens (primary N) is 1. The normalized spacial score (nSPS) is 43.2. The maximum Gasteiger partial charge on any atom is 0.165 e. The van der Waals surface area contributed by atoms with Crippen LogP contribution in [0.15, 0.2) is 0 Å². The average molecular weight is 217 g/mol. The molecule has 5 heteroatoms. The van der Waals surface area contributed by atoms with Gasteiger partial charge in [0.1, 0.15) is 11.8 Å². The largest absolute Gasteiger partial charge is 0.394 e. The number of hydrogen-bond donors (Lipinski definition) is 2. The number of aliphatic hydroxyl groups is 1. The molecule has 2 rings (SSSR count). The first-order valence-corrected chi connectivity index (χ1v) is 5.36. The third-order valence-corrected chi connectivity index (χ3v) is 2.91. The molecule has 0 aromatic carbocycles. The summed E-state index contributed by atoms with van der Waals surface area (Å²) in [6.45, 7) is 4.04. The average Bonchev–Trinajstić information content (AvgIpc) is 2.51. The zero-order valence-corrected chi connectivity index (χ0v) is 9.23. The summed E-state index contributed by atoms with van der Waals surface area (Å²) in [5, 5.41) is 8.71. The maximum atomic E-state index is 8.71. The van der Waals surface area contributed by atoms with E-state index in [4.69, 9.17) is 25.1 Å². The molecule has 0 aromatic rings. The van der Waals surface area contributed by atoms with Crippen molar-refractivity contribution in [3.8, 4) is 0 Å². The van der Waals surface area contributed by atoms with E-state index in [0.717, 1.165) is 12.8 Å². The molecule has 1 saturated carbocycles. The lowest BCUT2D eigenvalue weighted by Crippen LogP contribution is -2.48. The monoisotopic (exact) mass is 217 g/mol. The number of aliphatic hydroxyl groups excluding tert-OH is 1. The number of hydrogen-bond acceptors (Lipinski definition) is 5. The molecule has 1 heterocycles. The molecule has 0 bridgehead atoms. The molecule has 1 saturated heterocycles. The van der Waals surface area contributed by atoms with Crippen molar-refractivity contribution in [2.24, 2.45) is 5.73 Å². The topological polar surface area (TPSA) is 73.9 Å². The van der Waals surface area contributed by atoms with E-state index in [2.05, 4.69) is 0 Å². The van der Waals surface area contributed by atoms with Crippen LogP contribution in [0.3, 0.4) is 0 Å². The number of ether oxygens (including phenoxy) is 3. The van der Waals surface area contributed by atoms with Gasteiger partial charge in [-0.05, 0) is 26.7 Å². The quantitative estimate of drug-likeness (QED) is 0.694. The molecule has 0 radical (unpaired) electrons. The van der Waals surface area contributed by atoms with Crippen molar-refractivity contribution in [1.82, 2.24) is 0 Å². The predicted octanol–water partition coefficient (Wildman–Crippen LogP) is -0.0358. The van der Waals surface area contributed by atoms with E-state index in [-0.39, 0.29) is 18.8 Å². The Balaban J connectivity index is 2.03. The highest BCUT2D eigenvalue weighted by Crippen LogP contribution is 2.44. The molecule has 1 aliphatic carbocycles. The molecule has 3 N–H and O–H groups in total. The third-order valence-electron chi connectivity index (χ3n) is 2.91. The molecule has 1 aliphatic heterocycles. The molecular formula is C10H19NO4. The highest BCUT2D eigenvalue weighted by molar-refractivity contribution is 5.02. The third kappa shape index (κ3) is 2.03. The van der Waals surface area contributed by atoms with E-state index in [1.165, 1.54) is 0 Å². The van der Waals surface area contributed by atoms with Gasteiger partial charge in [0.2, 0.25) is 0 Å². The van der Waals surface area contributed by atoms with Gasteiger partial charge < -0.3 is 25.1 Å². The Morgan fingerprint density at radius 1 is 1.53 bits per heavy atom. The molecule has 2 fully saturated rings. The lowest BCUT2D eigenvalue weighted by atomic mass is 10.1. The summed E-state index contributed by atoms with van der Waals surface area (Å²) in [7, 11) is 0. The van der Waals surface area contributed by atoms with E-state index in [0.29, 0.717) is 6.61 Å². The fraction of sp³-hybridized carbons (Fsp3) is 1.00. The highest BCUT2D eigenvalue weighted by Gasteiger charge is 2.58. The molecule has 0 spiro atoms. The van der Waals surface area contributed by atoms with Crippen molar-refractivity contribution in [2.45, 2.75) is 50.4 Å². The Kier molecular flexibility index (Phi) is 2.77. The van der Waals surface area contributed by atoms with Gasteiger partial charge >= 0.3 is 0 Å². The lowest BCUT2D eigenvalue weighted by molar-refractivity contribution is -0.176. The minimum absolute atomic E-state index is 0.0189. The van der Waals surface area contributed by atoms with Gasteiger partial charge in [-0.1, -0.05) is 0 Å². The van der Waals surface area contributed by atoms with Crippen LogP contribution >= 0.6 is 0 Å². The standard InChI is InChI=1S/C10H19NO4/c1-9(2)14-8-7(13-6-5-12)3-4-10(8,11)15-9/h7-8,12H,3-6,11H2,1-2H3. The minimum atomic E-state index is -0.719. The SMILES string of the molecule is CC1(C)OC2C(OCCO)CCC2(N)O1. The fourth-order valence-corrected chi connectivity index (χ4v) is 2.42. The summed E-state index contributed by atoms with van der Waals surface area (Å²) in [6, 6.07) is 0. The first kappa shape index (κ1) is 11.3.